The van der Waals surface area contributed by atoms with Gasteiger partial charge in [0.25, 0.3) is 5.91 Å². The average molecular weight is 469 g/mol. The minimum absolute atomic E-state index is 0.00731. The Balaban J connectivity index is 1.68. The lowest BCUT2D eigenvalue weighted by atomic mass is 9.77. The molecule has 1 aliphatic carbocycles. The van der Waals surface area contributed by atoms with E-state index in [2.05, 4.69) is 25.7 Å². The van der Waals surface area contributed by atoms with Crippen LogP contribution in [0.25, 0.3) is 5.69 Å². The zero-order valence-corrected chi connectivity index (χ0v) is 19.2. The van der Waals surface area contributed by atoms with Gasteiger partial charge in [-0.05, 0) is 50.8 Å². The summed E-state index contributed by atoms with van der Waals surface area (Å²) in [6.45, 7) is 4.17. The molecule has 1 saturated carbocycles. The van der Waals surface area contributed by atoms with Gasteiger partial charge in [-0.1, -0.05) is 6.42 Å². The van der Waals surface area contributed by atoms with E-state index >= 15 is 0 Å². The molecule has 11 heteroatoms. The Morgan fingerprint density at radius 2 is 2.15 bits per heavy atom. The monoisotopic (exact) mass is 468 g/mol. The van der Waals surface area contributed by atoms with Gasteiger partial charge < -0.3 is 26.8 Å². The van der Waals surface area contributed by atoms with Crippen molar-refractivity contribution in [1.82, 2.24) is 19.7 Å². The first kappa shape index (κ1) is 23.4. The number of carbonyl (C=O) groups is 1. The van der Waals surface area contributed by atoms with Crippen LogP contribution >= 0.6 is 0 Å². The van der Waals surface area contributed by atoms with E-state index in [0.717, 1.165) is 25.3 Å². The Morgan fingerprint density at radius 1 is 1.35 bits per heavy atom. The first-order chi connectivity index (χ1) is 16.4. The summed E-state index contributed by atoms with van der Waals surface area (Å²) in [5, 5.41) is 10.4. The second-order valence-electron chi connectivity index (χ2n) is 8.36. The van der Waals surface area contributed by atoms with E-state index < -0.39 is 11.7 Å². The molecule has 10 nitrogen and oxygen atoms in total. The normalized spacial score (nSPS) is 15.3. The molecule has 34 heavy (non-hydrogen) atoms. The number of pyridine rings is 2. The lowest BCUT2D eigenvalue weighted by Gasteiger charge is -2.37. The summed E-state index contributed by atoms with van der Waals surface area (Å²) in [7, 11) is 0. The van der Waals surface area contributed by atoms with Crippen molar-refractivity contribution in [1.29, 1.82) is 0 Å². The van der Waals surface area contributed by atoms with Crippen molar-refractivity contribution < 1.29 is 13.9 Å². The fourth-order valence-corrected chi connectivity index (χ4v) is 3.98. The van der Waals surface area contributed by atoms with Crippen LogP contribution < -0.4 is 26.8 Å². The standard InChI is InChI=1S/C23H29FN8O2/c1-3-34-23-18(32-9-5-8-28-32)10-15(12-27-23)29-21-16(20(26)33)11-17(24)22(31-21)30-19(13(2)25)14-6-4-7-14/h5,8-14,19H,3-4,6-7,25H2,1-2H3,(H2,26,33)(H2,29,30,31)/t13-,19-/m0/s1. The lowest BCUT2D eigenvalue weighted by molar-refractivity contribution is 0.100. The molecule has 1 amide bonds. The number of halogens is 1. The van der Waals surface area contributed by atoms with Crippen LogP contribution in [-0.4, -0.2) is 44.3 Å². The van der Waals surface area contributed by atoms with Gasteiger partial charge in [-0.3, -0.25) is 4.79 Å². The summed E-state index contributed by atoms with van der Waals surface area (Å²) >= 11 is 0. The SMILES string of the molecule is CCOc1ncc(Nc2nc(N[C@H](C3CCC3)[C@H](C)N)c(F)cc2C(N)=O)cc1-n1cccn1. The molecule has 6 N–H and O–H groups in total. The van der Waals surface area contributed by atoms with Gasteiger partial charge in [0.15, 0.2) is 11.6 Å². The molecule has 0 aliphatic heterocycles. The zero-order valence-electron chi connectivity index (χ0n) is 19.2. The van der Waals surface area contributed by atoms with Crippen molar-refractivity contribution >= 4 is 23.2 Å². The number of primary amides is 1. The number of nitrogens with two attached hydrogens (primary N) is 2. The van der Waals surface area contributed by atoms with Crippen molar-refractivity contribution in [3.8, 4) is 11.6 Å². The van der Waals surface area contributed by atoms with Crippen molar-refractivity contribution in [2.24, 2.45) is 17.4 Å². The average Bonchev–Trinajstić information content (AvgIpc) is 3.29. The molecule has 1 aliphatic rings. The lowest BCUT2D eigenvalue weighted by Crippen LogP contribution is -2.46. The van der Waals surface area contributed by atoms with Crippen LogP contribution in [0.2, 0.25) is 0 Å². The molecule has 180 valence electrons. The van der Waals surface area contributed by atoms with Gasteiger partial charge in [-0.15, -0.1) is 0 Å². The summed E-state index contributed by atoms with van der Waals surface area (Å²) in [6.07, 6.45) is 8.10. The summed E-state index contributed by atoms with van der Waals surface area (Å²) in [4.78, 5) is 20.8. The van der Waals surface area contributed by atoms with Crippen molar-refractivity contribution in [3.05, 3.63) is 48.2 Å². The molecule has 2 atom stereocenters. The second-order valence-corrected chi connectivity index (χ2v) is 8.36. The second kappa shape index (κ2) is 10.0. The third kappa shape index (κ3) is 4.93. The Morgan fingerprint density at radius 3 is 2.74 bits per heavy atom. The summed E-state index contributed by atoms with van der Waals surface area (Å²) in [5.74, 6) is -0.638. The van der Waals surface area contributed by atoms with E-state index in [1.807, 2.05) is 13.8 Å². The van der Waals surface area contributed by atoms with Crippen LogP contribution in [0.15, 0.2) is 36.8 Å². The van der Waals surface area contributed by atoms with Gasteiger partial charge in [0.1, 0.15) is 11.5 Å². The van der Waals surface area contributed by atoms with Crippen molar-refractivity contribution in [2.75, 3.05) is 17.2 Å². The molecule has 1 fully saturated rings. The minimum Gasteiger partial charge on any atom is -0.476 e. The van der Waals surface area contributed by atoms with Gasteiger partial charge in [0, 0.05) is 24.5 Å². The van der Waals surface area contributed by atoms with E-state index in [4.69, 9.17) is 16.2 Å². The van der Waals surface area contributed by atoms with E-state index in [9.17, 15) is 9.18 Å². The van der Waals surface area contributed by atoms with Crippen LogP contribution in [0.3, 0.4) is 0 Å². The quantitative estimate of drug-likeness (QED) is 0.355. The Hall–Kier alpha value is -3.73. The Kier molecular flexibility index (Phi) is 6.92. The molecule has 3 aromatic heterocycles. The highest BCUT2D eigenvalue weighted by Crippen LogP contribution is 2.33. The predicted molar refractivity (Wildman–Crippen MR) is 127 cm³/mol. The summed E-state index contributed by atoms with van der Waals surface area (Å²) in [6, 6.07) is 4.26. The molecule has 4 rings (SSSR count). The number of ether oxygens (including phenoxy) is 1. The molecule has 3 heterocycles. The van der Waals surface area contributed by atoms with Gasteiger partial charge >= 0.3 is 0 Å². The van der Waals surface area contributed by atoms with E-state index in [0.29, 0.717) is 29.8 Å². The number of aromatic nitrogens is 4. The number of amides is 1. The molecule has 0 radical (unpaired) electrons. The first-order valence-corrected chi connectivity index (χ1v) is 11.3. The van der Waals surface area contributed by atoms with E-state index in [-0.39, 0.29) is 29.3 Å². The number of hydrogen-bond donors (Lipinski definition) is 4. The zero-order chi connectivity index (χ0) is 24.2. The van der Waals surface area contributed by atoms with Gasteiger partial charge in [0.05, 0.1) is 24.1 Å². The maximum Gasteiger partial charge on any atom is 0.252 e. The summed E-state index contributed by atoms with van der Waals surface area (Å²) in [5.41, 5.74) is 12.7. The number of carbonyl (C=O) groups excluding carboxylic acids is 1. The number of rotatable bonds is 10. The van der Waals surface area contributed by atoms with Crippen molar-refractivity contribution in [2.45, 2.75) is 45.2 Å². The Labute approximate surface area is 196 Å². The van der Waals surface area contributed by atoms with Crippen LogP contribution in [-0.2, 0) is 0 Å². The molecule has 0 saturated heterocycles. The molecular weight excluding hydrogens is 439 g/mol. The smallest absolute Gasteiger partial charge is 0.252 e. The third-order valence-corrected chi connectivity index (χ3v) is 5.90. The number of nitrogens with zero attached hydrogens (tertiary/aromatic N) is 4. The topological polar surface area (TPSA) is 146 Å². The van der Waals surface area contributed by atoms with Gasteiger partial charge in [-0.25, -0.2) is 19.0 Å². The maximum atomic E-state index is 14.9. The maximum absolute atomic E-state index is 14.9. The number of hydrogen-bond acceptors (Lipinski definition) is 8. The molecule has 3 aromatic rings. The first-order valence-electron chi connectivity index (χ1n) is 11.3. The molecular formula is C23H29FN8O2. The number of nitrogens with one attached hydrogen (secondary N) is 2. The molecule has 0 unspecified atom stereocenters. The van der Waals surface area contributed by atoms with Crippen LogP contribution in [0, 0.1) is 11.7 Å². The van der Waals surface area contributed by atoms with E-state index in [1.54, 1.807) is 29.2 Å². The highest BCUT2D eigenvalue weighted by atomic mass is 19.1. The van der Waals surface area contributed by atoms with Crippen LogP contribution in [0.4, 0.5) is 21.7 Å². The third-order valence-electron chi connectivity index (χ3n) is 5.90. The van der Waals surface area contributed by atoms with Gasteiger partial charge in [0.2, 0.25) is 5.88 Å². The molecule has 0 aromatic carbocycles. The van der Waals surface area contributed by atoms with Gasteiger partial charge in [-0.2, -0.15) is 5.10 Å². The fourth-order valence-electron chi connectivity index (χ4n) is 3.98. The number of anilines is 3. The Bertz CT molecular complexity index is 1150. The largest absolute Gasteiger partial charge is 0.476 e. The molecule has 0 spiro atoms. The summed E-state index contributed by atoms with van der Waals surface area (Å²) < 4.78 is 22.1. The fraction of sp³-hybridized carbons (Fsp3) is 0.391. The highest BCUT2D eigenvalue weighted by molar-refractivity contribution is 5.98. The predicted octanol–water partition coefficient (Wildman–Crippen LogP) is 2.97. The van der Waals surface area contributed by atoms with Crippen LogP contribution in [0.1, 0.15) is 43.5 Å². The van der Waals surface area contributed by atoms with E-state index in [1.165, 1.54) is 6.20 Å². The minimum atomic E-state index is -0.811. The highest BCUT2D eigenvalue weighted by Gasteiger charge is 2.31. The van der Waals surface area contributed by atoms with Crippen LogP contribution in [0.5, 0.6) is 5.88 Å². The molecule has 0 bridgehead atoms. The van der Waals surface area contributed by atoms with Crippen molar-refractivity contribution in [3.63, 3.8) is 0 Å².